The summed E-state index contributed by atoms with van der Waals surface area (Å²) >= 11 is 3.21. The fourth-order valence-electron chi connectivity index (χ4n) is 2.62. The van der Waals surface area contributed by atoms with Crippen LogP contribution in [0.15, 0.2) is 16.6 Å². The van der Waals surface area contributed by atoms with Gasteiger partial charge in [0, 0.05) is 19.2 Å². The van der Waals surface area contributed by atoms with Gasteiger partial charge in [-0.15, -0.1) is 0 Å². The van der Waals surface area contributed by atoms with Crippen molar-refractivity contribution in [2.75, 3.05) is 25.4 Å². The Bertz CT molecular complexity index is 604. The van der Waals surface area contributed by atoms with Gasteiger partial charge in [0.2, 0.25) is 5.95 Å². The van der Waals surface area contributed by atoms with Crippen molar-refractivity contribution in [2.24, 2.45) is 0 Å². The Morgan fingerprint density at radius 3 is 2.74 bits per heavy atom. The van der Waals surface area contributed by atoms with Crippen molar-refractivity contribution in [3.05, 3.63) is 22.4 Å². The molecule has 0 amide bonds. The molecule has 0 aliphatic carbocycles. The third kappa shape index (κ3) is 2.47. The highest BCUT2D eigenvalue weighted by atomic mass is 79.9. The Labute approximate surface area is 119 Å². The second-order valence-electron chi connectivity index (χ2n) is 4.93. The van der Waals surface area contributed by atoms with Crippen LogP contribution in [-0.4, -0.2) is 34.1 Å². The number of nitrogens with two attached hydrogens (primary N) is 1. The van der Waals surface area contributed by atoms with Gasteiger partial charge >= 0.3 is 0 Å². The molecule has 0 radical (unpaired) electrons. The number of rotatable bonds is 3. The van der Waals surface area contributed by atoms with E-state index in [1.54, 1.807) is 6.07 Å². The molecule has 19 heavy (non-hydrogen) atoms. The third-order valence-electron chi connectivity index (χ3n) is 3.66. The van der Waals surface area contributed by atoms with Crippen LogP contribution in [0, 0.1) is 5.82 Å². The summed E-state index contributed by atoms with van der Waals surface area (Å²) < 4.78 is 15.9. The summed E-state index contributed by atoms with van der Waals surface area (Å²) in [5.41, 5.74) is 7.42. The van der Waals surface area contributed by atoms with Crippen LogP contribution in [0.1, 0.15) is 12.8 Å². The second-order valence-corrected chi connectivity index (χ2v) is 5.78. The number of fused-ring (bicyclic) bond motifs is 1. The summed E-state index contributed by atoms with van der Waals surface area (Å²) in [6.07, 6.45) is 2.55. The van der Waals surface area contributed by atoms with Gasteiger partial charge in [0.05, 0.1) is 15.5 Å². The number of anilines is 1. The normalized spacial score (nSPS) is 16.5. The Hall–Kier alpha value is -1.14. The highest BCUT2D eigenvalue weighted by Gasteiger charge is 2.14. The molecule has 1 aromatic heterocycles. The maximum atomic E-state index is 13.5. The molecule has 6 heteroatoms. The van der Waals surface area contributed by atoms with Crippen molar-refractivity contribution >= 4 is 32.9 Å². The molecule has 1 aliphatic heterocycles. The number of halogens is 2. The van der Waals surface area contributed by atoms with Gasteiger partial charge in [-0.3, -0.25) is 0 Å². The first-order chi connectivity index (χ1) is 9.15. The molecule has 0 bridgehead atoms. The first kappa shape index (κ1) is 12.9. The number of aromatic nitrogens is 2. The topological polar surface area (TPSA) is 47.1 Å². The lowest BCUT2D eigenvalue weighted by molar-refractivity contribution is 0.325. The number of benzene rings is 1. The van der Waals surface area contributed by atoms with E-state index in [9.17, 15) is 4.39 Å². The standard InChI is InChI=1S/C13H16BrFN4/c14-9-7-12-11(8-10(9)15)17-13(16)19(12)6-5-18-3-1-2-4-18/h7-8H,1-6H2,(H2,16,17). The van der Waals surface area contributed by atoms with E-state index < -0.39 is 0 Å². The van der Waals surface area contributed by atoms with Crippen LogP contribution in [0.2, 0.25) is 0 Å². The molecule has 4 nitrogen and oxygen atoms in total. The van der Waals surface area contributed by atoms with E-state index in [1.165, 1.54) is 18.9 Å². The quantitative estimate of drug-likeness (QED) is 0.943. The highest BCUT2D eigenvalue weighted by Crippen LogP contribution is 2.25. The van der Waals surface area contributed by atoms with Crippen LogP contribution in [0.4, 0.5) is 10.3 Å². The molecule has 0 spiro atoms. The smallest absolute Gasteiger partial charge is 0.201 e. The number of nitrogens with zero attached hydrogens (tertiary/aromatic N) is 3. The molecule has 1 aliphatic rings. The molecule has 0 unspecified atom stereocenters. The molecular formula is C13H16BrFN4. The van der Waals surface area contributed by atoms with Crippen LogP contribution in [0.25, 0.3) is 11.0 Å². The van der Waals surface area contributed by atoms with Gasteiger partial charge in [0.1, 0.15) is 5.82 Å². The van der Waals surface area contributed by atoms with Crippen molar-refractivity contribution in [1.82, 2.24) is 14.5 Å². The largest absolute Gasteiger partial charge is 0.369 e. The molecule has 0 saturated carbocycles. The summed E-state index contributed by atoms with van der Waals surface area (Å²) in [5, 5.41) is 0. The second kappa shape index (κ2) is 5.09. The Balaban J connectivity index is 1.89. The summed E-state index contributed by atoms with van der Waals surface area (Å²) in [6.45, 7) is 4.07. The van der Waals surface area contributed by atoms with E-state index >= 15 is 0 Å². The fourth-order valence-corrected chi connectivity index (χ4v) is 2.95. The van der Waals surface area contributed by atoms with Crippen LogP contribution < -0.4 is 5.73 Å². The first-order valence-corrected chi connectivity index (χ1v) is 7.27. The van der Waals surface area contributed by atoms with Gasteiger partial charge in [-0.2, -0.15) is 0 Å². The van der Waals surface area contributed by atoms with E-state index in [0.29, 0.717) is 15.9 Å². The highest BCUT2D eigenvalue weighted by molar-refractivity contribution is 9.10. The average Bonchev–Trinajstić information content (AvgIpc) is 2.96. The molecule has 3 rings (SSSR count). The molecular weight excluding hydrogens is 311 g/mol. The summed E-state index contributed by atoms with van der Waals surface area (Å²) in [7, 11) is 0. The van der Waals surface area contributed by atoms with Crippen LogP contribution in [0.3, 0.4) is 0 Å². The first-order valence-electron chi connectivity index (χ1n) is 6.48. The molecule has 1 fully saturated rings. The van der Waals surface area contributed by atoms with Crippen molar-refractivity contribution in [1.29, 1.82) is 0 Å². The minimum Gasteiger partial charge on any atom is -0.369 e. The average molecular weight is 327 g/mol. The molecule has 1 saturated heterocycles. The van der Waals surface area contributed by atoms with Gasteiger partial charge < -0.3 is 15.2 Å². The molecule has 102 valence electrons. The van der Waals surface area contributed by atoms with Gasteiger partial charge in [-0.05, 0) is 47.9 Å². The predicted molar refractivity (Wildman–Crippen MR) is 77.5 cm³/mol. The van der Waals surface area contributed by atoms with Gasteiger partial charge in [0.15, 0.2) is 0 Å². The van der Waals surface area contributed by atoms with E-state index in [-0.39, 0.29) is 5.82 Å². The van der Waals surface area contributed by atoms with Crippen LogP contribution >= 0.6 is 15.9 Å². The van der Waals surface area contributed by atoms with E-state index in [4.69, 9.17) is 5.73 Å². The SMILES string of the molecule is Nc1nc2cc(F)c(Br)cc2n1CCN1CCCC1. The minimum absolute atomic E-state index is 0.309. The van der Waals surface area contributed by atoms with Crippen LogP contribution in [-0.2, 0) is 6.54 Å². The lowest BCUT2D eigenvalue weighted by Gasteiger charge is -2.15. The van der Waals surface area contributed by atoms with Crippen molar-refractivity contribution in [2.45, 2.75) is 19.4 Å². The molecule has 1 aromatic carbocycles. The number of hydrogen-bond acceptors (Lipinski definition) is 3. The maximum Gasteiger partial charge on any atom is 0.201 e. The van der Waals surface area contributed by atoms with Crippen LogP contribution in [0.5, 0.6) is 0 Å². The molecule has 2 N–H and O–H groups in total. The summed E-state index contributed by atoms with van der Waals surface area (Å²) in [4.78, 5) is 6.64. The Kier molecular flexibility index (Phi) is 3.45. The summed E-state index contributed by atoms with van der Waals surface area (Å²) in [5.74, 6) is 0.142. The van der Waals surface area contributed by atoms with Gasteiger partial charge in [0.25, 0.3) is 0 Å². The zero-order valence-corrected chi connectivity index (χ0v) is 12.2. The van der Waals surface area contributed by atoms with E-state index in [1.807, 2.05) is 4.57 Å². The van der Waals surface area contributed by atoms with Gasteiger partial charge in [-0.1, -0.05) is 0 Å². The third-order valence-corrected chi connectivity index (χ3v) is 4.27. The Morgan fingerprint density at radius 2 is 2.00 bits per heavy atom. The number of nitrogen functional groups attached to an aromatic ring is 1. The molecule has 2 aromatic rings. The van der Waals surface area contributed by atoms with Crippen molar-refractivity contribution in [3.8, 4) is 0 Å². The predicted octanol–water partition coefficient (Wildman–Crippen LogP) is 2.62. The minimum atomic E-state index is -0.309. The van der Waals surface area contributed by atoms with Crippen molar-refractivity contribution < 1.29 is 4.39 Å². The monoisotopic (exact) mass is 326 g/mol. The lowest BCUT2D eigenvalue weighted by Crippen LogP contribution is -2.24. The number of hydrogen-bond donors (Lipinski definition) is 1. The lowest BCUT2D eigenvalue weighted by atomic mass is 10.3. The zero-order valence-electron chi connectivity index (χ0n) is 10.6. The maximum absolute atomic E-state index is 13.5. The summed E-state index contributed by atoms with van der Waals surface area (Å²) in [6, 6.07) is 3.17. The van der Waals surface area contributed by atoms with Crippen molar-refractivity contribution in [3.63, 3.8) is 0 Å². The van der Waals surface area contributed by atoms with E-state index in [2.05, 4.69) is 25.8 Å². The Morgan fingerprint density at radius 1 is 1.26 bits per heavy atom. The number of imidazole rings is 1. The molecule has 2 heterocycles. The van der Waals surface area contributed by atoms with E-state index in [0.717, 1.165) is 31.7 Å². The zero-order chi connectivity index (χ0) is 13.4. The fraction of sp³-hybridized carbons (Fsp3) is 0.462. The number of likely N-dealkylation sites (tertiary alicyclic amines) is 1. The molecule has 0 atom stereocenters. The van der Waals surface area contributed by atoms with Gasteiger partial charge in [-0.25, -0.2) is 9.37 Å².